The Bertz CT molecular complexity index is 1210. The van der Waals surface area contributed by atoms with Crippen LogP contribution in [0, 0.1) is 5.82 Å². The molecule has 9 heteroatoms. The molecule has 2 atom stereocenters. The highest BCUT2D eigenvalue weighted by Gasteiger charge is 2.23. The molecule has 2 heterocycles. The maximum absolute atomic E-state index is 13.5. The van der Waals surface area contributed by atoms with Gasteiger partial charge in [0.2, 0.25) is 5.91 Å². The van der Waals surface area contributed by atoms with Gasteiger partial charge in [0.25, 0.3) is 0 Å². The summed E-state index contributed by atoms with van der Waals surface area (Å²) in [6.45, 7) is 2.02. The highest BCUT2D eigenvalue weighted by molar-refractivity contribution is 7.99. The predicted octanol–water partition coefficient (Wildman–Crippen LogP) is 5.09. The monoisotopic (exact) mass is 495 g/mol. The van der Waals surface area contributed by atoms with Crippen LogP contribution in [0.2, 0.25) is 0 Å². The highest BCUT2D eigenvalue weighted by Crippen LogP contribution is 2.29. The molecule has 0 bridgehead atoms. The van der Waals surface area contributed by atoms with Gasteiger partial charge in [-0.1, -0.05) is 48.2 Å². The Morgan fingerprint density at radius 2 is 1.82 bits per heavy atom. The number of nitrogens with one attached hydrogen (secondary N) is 1. The summed E-state index contributed by atoms with van der Waals surface area (Å²) in [6, 6.07) is 19.9. The first-order valence-electron chi connectivity index (χ1n) is 10.8. The Labute approximate surface area is 206 Å². The fourth-order valence-electron chi connectivity index (χ4n) is 3.46. The number of aromatic nitrogens is 3. The zero-order chi connectivity index (χ0) is 24.1. The molecule has 2 aromatic heterocycles. The summed E-state index contributed by atoms with van der Waals surface area (Å²) < 4.78 is 15.4. The zero-order valence-corrected chi connectivity index (χ0v) is 20.8. The topological polar surface area (TPSA) is 63.1 Å². The molecule has 6 nitrogen and oxygen atoms in total. The van der Waals surface area contributed by atoms with E-state index in [1.807, 2.05) is 78.3 Å². The van der Waals surface area contributed by atoms with Crippen molar-refractivity contribution in [1.29, 1.82) is 0 Å². The van der Waals surface area contributed by atoms with Crippen molar-refractivity contribution in [1.82, 2.24) is 25.0 Å². The molecule has 0 aliphatic carbocycles. The van der Waals surface area contributed by atoms with Gasteiger partial charge < -0.3 is 5.32 Å². The molecule has 1 N–H and O–H groups in total. The Kier molecular flexibility index (Phi) is 7.77. The average molecular weight is 496 g/mol. The summed E-state index contributed by atoms with van der Waals surface area (Å²) in [5, 5.41) is 14.5. The Morgan fingerprint density at radius 3 is 2.47 bits per heavy atom. The minimum Gasteiger partial charge on any atom is -0.344 e. The van der Waals surface area contributed by atoms with E-state index < -0.39 is 0 Å². The van der Waals surface area contributed by atoms with Gasteiger partial charge in [-0.15, -0.1) is 21.5 Å². The molecule has 0 saturated heterocycles. The van der Waals surface area contributed by atoms with E-state index in [-0.39, 0.29) is 29.6 Å². The van der Waals surface area contributed by atoms with Gasteiger partial charge in [0.05, 0.1) is 17.8 Å². The van der Waals surface area contributed by atoms with Crippen molar-refractivity contribution in [3.63, 3.8) is 0 Å². The molecule has 0 saturated carbocycles. The molecular formula is C25H26FN5OS2. The van der Waals surface area contributed by atoms with E-state index in [0.29, 0.717) is 5.16 Å². The quantitative estimate of drug-likeness (QED) is 0.328. The van der Waals surface area contributed by atoms with Crippen LogP contribution in [-0.4, -0.2) is 45.4 Å². The zero-order valence-electron chi connectivity index (χ0n) is 19.2. The van der Waals surface area contributed by atoms with E-state index in [4.69, 9.17) is 0 Å². The second kappa shape index (κ2) is 10.9. The Hall–Kier alpha value is -3.01. The van der Waals surface area contributed by atoms with Crippen molar-refractivity contribution in [3.8, 4) is 5.69 Å². The van der Waals surface area contributed by atoms with Crippen LogP contribution < -0.4 is 5.32 Å². The molecule has 2 aromatic carbocycles. The maximum Gasteiger partial charge on any atom is 0.231 e. The van der Waals surface area contributed by atoms with Crippen LogP contribution in [0.4, 0.5) is 4.39 Å². The highest BCUT2D eigenvalue weighted by atomic mass is 32.2. The first-order chi connectivity index (χ1) is 16.4. The third-order valence-electron chi connectivity index (χ3n) is 5.49. The van der Waals surface area contributed by atoms with Crippen molar-refractivity contribution in [2.24, 2.45) is 0 Å². The molecule has 0 spiro atoms. The van der Waals surface area contributed by atoms with Gasteiger partial charge in [0.1, 0.15) is 5.82 Å². The van der Waals surface area contributed by atoms with Crippen LogP contribution in [0.3, 0.4) is 0 Å². The normalized spacial score (nSPS) is 13.1. The number of carbonyl (C=O) groups excluding carboxylic acids is 1. The van der Waals surface area contributed by atoms with E-state index in [1.54, 1.807) is 23.5 Å². The number of thioether (sulfide) groups is 1. The number of hydrogen-bond donors (Lipinski definition) is 1. The lowest BCUT2D eigenvalue weighted by Gasteiger charge is -2.20. The fourth-order valence-corrected chi connectivity index (χ4v) is 5.03. The number of nitrogens with zero attached hydrogens (tertiary/aromatic N) is 4. The summed E-state index contributed by atoms with van der Waals surface area (Å²) in [7, 11) is 3.92. The second-order valence-electron chi connectivity index (χ2n) is 8.01. The molecule has 34 heavy (non-hydrogen) atoms. The molecule has 0 radical (unpaired) electrons. The van der Waals surface area contributed by atoms with Crippen molar-refractivity contribution in [3.05, 3.63) is 94.2 Å². The molecule has 4 aromatic rings. The van der Waals surface area contributed by atoms with Gasteiger partial charge >= 0.3 is 0 Å². The Balaban J connectivity index is 1.55. The van der Waals surface area contributed by atoms with Crippen molar-refractivity contribution in [2.75, 3.05) is 19.8 Å². The first-order valence-corrected chi connectivity index (χ1v) is 12.7. The van der Waals surface area contributed by atoms with Crippen molar-refractivity contribution >= 4 is 29.0 Å². The number of amides is 1. The number of benzene rings is 2. The summed E-state index contributed by atoms with van der Waals surface area (Å²) in [5.74, 6) is 0.473. The molecule has 176 valence electrons. The van der Waals surface area contributed by atoms with Crippen molar-refractivity contribution < 1.29 is 9.18 Å². The first kappa shape index (κ1) is 24.1. The van der Waals surface area contributed by atoms with Crippen LogP contribution in [0.5, 0.6) is 0 Å². The number of rotatable bonds is 9. The van der Waals surface area contributed by atoms with Gasteiger partial charge in [0.15, 0.2) is 11.0 Å². The van der Waals surface area contributed by atoms with Gasteiger partial charge in [-0.25, -0.2) is 4.39 Å². The third kappa shape index (κ3) is 5.55. The molecule has 0 fully saturated rings. The molecular weight excluding hydrogens is 469 g/mol. The van der Waals surface area contributed by atoms with Crippen molar-refractivity contribution in [2.45, 2.75) is 24.2 Å². The smallest absolute Gasteiger partial charge is 0.231 e. The van der Waals surface area contributed by atoms with Crippen LogP contribution in [-0.2, 0) is 4.79 Å². The molecule has 4 rings (SSSR count). The standard InChI is InChI=1S/C25H26FN5OS2/c1-17(30(2)3)24-28-29-25(31(24)20-13-11-19(26)12-14-20)34-16-22(32)27-23(21-10-7-15-33-21)18-8-5-4-6-9-18/h4-15,17,23H,16H2,1-3H3,(H,27,32). The lowest BCUT2D eigenvalue weighted by Crippen LogP contribution is -2.30. The number of carbonyl (C=O) groups is 1. The van der Waals surface area contributed by atoms with E-state index in [1.165, 1.54) is 23.9 Å². The van der Waals surface area contributed by atoms with Crippen LogP contribution in [0.1, 0.15) is 35.3 Å². The lowest BCUT2D eigenvalue weighted by molar-refractivity contribution is -0.119. The van der Waals surface area contributed by atoms with Gasteiger partial charge in [-0.05, 0) is 62.3 Å². The van der Waals surface area contributed by atoms with Crippen LogP contribution in [0.15, 0.2) is 77.3 Å². The van der Waals surface area contributed by atoms with Crippen LogP contribution >= 0.6 is 23.1 Å². The largest absolute Gasteiger partial charge is 0.344 e. The molecule has 0 aliphatic rings. The molecule has 0 aliphatic heterocycles. The van der Waals surface area contributed by atoms with Gasteiger partial charge in [-0.3, -0.25) is 14.3 Å². The number of halogens is 1. The summed E-state index contributed by atoms with van der Waals surface area (Å²) in [5.41, 5.74) is 1.78. The average Bonchev–Trinajstić information content (AvgIpc) is 3.52. The molecule has 2 unspecified atom stereocenters. The van der Waals surface area contributed by atoms with Crippen LogP contribution in [0.25, 0.3) is 5.69 Å². The second-order valence-corrected chi connectivity index (χ2v) is 9.93. The van der Waals surface area contributed by atoms with E-state index >= 15 is 0 Å². The maximum atomic E-state index is 13.5. The van der Waals surface area contributed by atoms with E-state index in [0.717, 1.165) is 22.0 Å². The Morgan fingerprint density at radius 1 is 1.09 bits per heavy atom. The summed E-state index contributed by atoms with van der Waals surface area (Å²) >= 11 is 2.92. The predicted molar refractivity (Wildman–Crippen MR) is 135 cm³/mol. The minimum absolute atomic E-state index is 0.0259. The van der Waals surface area contributed by atoms with E-state index in [9.17, 15) is 9.18 Å². The fraction of sp³-hybridized carbons (Fsp3) is 0.240. The lowest BCUT2D eigenvalue weighted by atomic mass is 10.1. The summed E-state index contributed by atoms with van der Waals surface area (Å²) in [4.78, 5) is 16.1. The minimum atomic E-state index is -0.312. The SMILES string of the molecule is CC(c1nnc(SCC(=O)NC(c2ccccc2)c2cccs2)n1-c1ccc(F)cc1)N(C)C. The van der Waals surface area contributed by atoms with Gasteiger partial charge in [-0.2, -0.15) is 0 Å². The molecule has 1 amide bonds. The van der Waals surface area contributed by atoms with Gasteiger partial charge in [0, 0.05) is 10.6 Å². The third-order valence-corrected chi connectivity index (χ3v) is 7.36. The number of thiophene rings is 1. The summed E-state index contributed by atoms with van der Waals surface area (Å²) in [6.07, 6.45) is 0. The van der Waals surface area contributed by atoms with E-state index in [2.05, 4.69) is 15.5 Å². The number of hydrogen-bond acceptors (Lipinski definition) is 6.